The summed E-state index contributed by atoms with van der Waals surface area (Å²) in [6.07, 6.45) is 1.59. The maximum absolute atomic E-state index is 11.6. The minimum atomic E-state index is -0.573. The Morgan fingerprint density at radius 1 is 1.21 bits per heavy atom. The molecule has 19 heavy (non-hydrogen) atoms. The van der Waals surface area contributed by atoms with E-state index < -0.39 is 11.2 Å². The SMILES string of the molecule is COc1ccc(-c2cn3[nH]c(=O)[nH]c(=O)c3n2)cc1. The number of methoxy groups -OCH3 is 1. The summed E-state index contributed by atoms with van der Waals surface area (Å²) < 4.78 is 6.38. The van der Waals surface area contributed by atoms with E-state index in [0.29, 0.717) is 5.69 Å². The Balaban J connectivity index is 2.17. The molecule has 2 heterocycles. The number of nitrogens with zero attached hydrogens (tertiary/aromatic N) is 2. The molecule has 0 aliphatic heterocycles. The van der Waals surface area contributed by atoms with Crippen LogP contribution >= 0.6 is 0 Å². The second-order valence-electron chi connectivity index (χ2n) is 3.94. The van der Waals surface area contributed by atoms with Crippen molar-refractivity contribution in [1.29, 1.82) is 0 Å². The molecule has 0 bridgehead atoms. The van der Waals surface area contributed by atoms with Gasteiger partial charge in [0.25, 0.3) is 5.56 Å². The highest BCUT2D eigenvalue weighted by Gasteiger charge is 2.08. The largest absolute Gasteiger partial charge is 0.497 e. The van der Waals surface area contributed by atoms with E-state index in [-0.39, 0.29) is 5.65 Å². The molecule has 0 spiro atoms. The van der Waals surface area contributed by atoms with Crippen LogP contribution in [-0.4, -0.2) is 26.7 Å². The van der Waals surface area contributed by atoms with Crippen LogP contribution < -0.4 is 16.0 Å². The number of aromatic amines is 2. The fourth-order valence-electron chi connectivity index (χ4n) is 1.82. The topological polar surface area (TPSA) is 92.2 Å². The van der Waals surface area contributed by atoms with Gasteiger partial charge in [-0.3, -0.25) is 9.78 Å². The summed E-state index contributed by atoms with van der Waals surface area (Å²) in [5.41, 5.74) is 0.463. The number of fused-ring (bicyclic) bond motifs is 1. The predicted octanol–water partition coefficient (Wildman–Crippen LogP) is 0.386. The van der Waals surface area contributed by atoms with Crippen LogP contribution in [0, 0.1) is 0 Å². The van der Waals surface area contributed by atoms with Crippen molar-refractivity contribution >= 4 is 5.65 Å². The first kappa shape index (κ1) is 11.3. The van der Waals surface area contributed by atoms with E-state index in [2.05, 4.69) is 15.1 Å². The number of rotatable bonds is 2. The number of aromatic nitrogens is 4. The molecule has 0 aliphatic carbocycles. The Morgan fingerprint density at radius 3 is 2.63 bits per heavy atom. The van der Waals surface area contributed by atoms with E-state index in [1.165, 1.54) is 4.52 Å². The van der Waals surface area contributed by atoms with Crippen LogP contribution in [0.15, 0.2) is 40.1 Å². The van der Waals surface area contributed by atoms with E-state index >= 15 is 0 Å². The van der Waals surface area contributed by atoms with Crippen molar-refractivity contribution < 1.29 is 4.74 Å². The molecule has 7 heteroatoms. The van der Waals surface area contributed by atoms with Crippen molar-refractivity contribution in [2.75, 3.05) is 7.11 Å². The molecule has 3 aromatic rings. The maximum Gasteiger partial charge on any atom is 0.340 e. The Bertz CT molecular complexity index is 842. The van der Waals surface area contributed by atoms with Crippen molar-refractivity contribution in [2.45, 2.75) is 0 Å². The van der Waals surface area contributed by atoms with Gasteiger partial charge in [0.05, 0.1) is 19.0 Å². The number of H-pyrrole nitrogens is 2. The lowest BCUT2D eigenvalue weighted by Crippen LogP contribution is -2.25. The van der Waals surface area contributed by atoms with Crippen molar-refractivity contribution in [1.82, 2.24) is 19.6 Å². The molecule has 0 fully saturated rings. The van der Waals surface area contributed by atoms with Gasteiger partial charge in [0.2, 0.25) is 5.65 Å². The monoisotopic (exact) mass is 258 g/mol. The number of hydrogen-bond acceptors (Lipinski definition) is 4. The molecule has 96 valence electrons. The molecule has 2 N–H and O–H groups in total. The van der Waals surface area contributed by atoms with E-state index in [0.717, 1.165) is 11.3 Å². The zero-order valence-electron chi connectivity index (χ0n) is 10.0. The number of nitrogens with one attached hydrogen (secondary N) is 2. The summed E-state index contributed by atoms with van der Waals surface area (Å²) in [6.45, 7) is 0. The molecule has 0 saturated carbocycles. The molecule has 1 aromatic carbocycles. The summed E-state index contributed by atoms with van der Waals surface area (Å²) in [5.74, 6) is 0.735. The summed E-state index contributed by atoms with van der Waals surface area (Å²) in [5, 5.41) is 2.46. The summed E-state index contributed by atoms with van der Waals surface area (Å²) >= 11 is 0. The van der Waals surface area contributed by atoms with Gasteiger partial charge in [-0.15, -0.1) is 0 Å². The molecule has 0 aliphatic rings. The fourth-order valence-corrected chi connectivity index (χ4v) is 1.82. The van der Waals surface area contributed by atoms with Crippen LogP contribution in [0.2, 0.25) is 0 Å². The summed E-state index contributed by atoms with van der Waals surface area (Å²) in [7, 11) is 1.59. The quantitative estimate of drug-likeness (QED) is 0.695. The fraction of sp³-hybridized carbons (Fsp3) is 0.0833. The number of ether oxygens (including phenoxy) is 1. The molecule has 0 radical (unpaired) electrons. The van der Waals surface area contributed by atoms with Crippen LogP contribution in [0.5, 0.6) is 5.75 Å². The number of benzene rings is 1. The van der Waals surface area contributed by atoms with Crippen LogP contribution in [0.25, 0.3) is 16.9 Å². The average Bonchev–Trinajstić information content (AvgIpc) is 2.83. The molecule has 0 atom stereocenters. The van der Waals surface area contributed by atoms with E-state index in [1.54, 1.807) is 25.4 Å². The normalized spacial score (nSPS) is 10.8. The van der Waals surface area contributed by atoms with Crippen molar-refractivity contribution in [2.24, 2.45) is 0 Å². The van der Waals surface area contributed by atoms with Crippen LogP contribution in [0.1, 0.15) is 0 Å². The van der Waals surface area contributed by atoms with Gasteiger partial charge in [-0.25, -0.2) is 19.4 Å². The molecule has 0 amide bonds. The second-order valence-corrected chi connectivity index (χ2v) is 3.94. The number of hydrogen-bond donors (Lipinski definition) is 2. The first-order chi connectivity index (χ1) is 9.17. The van der Waals surface area contributed by atoms with Gasteiger partial charge in [0, 0.05) is 5.56 Å². The lowest BCUT2D eigenvalue weighted by molar-refractivity contribution is 0.415. The van der Waals surface area contributed by atoms with Crippen LogP contribution in [-0.2, 0) is 0 Å². The first-order valence-electron chi connectivity index (χ1n) is 5.53. The Labute approximate surface area is 106 Å². The summed E-state index contributed by atoms with van der Waals surface area (Å²) in [4.78, 5) is 29.0. The third-order valence-electron chi connectivity index (χ3n) is 2.74. The molecular weight excluding hydrogens is 248 g/mol. The minimum Gasteiger partial charge on any atom is -0.497 e. The minimum absolute atomic E-state index is 0.144. The lowest BCUT2D eigenvalue weighted by Gasteiger charge is -1.99. The molecule has 0 saturated heterocycles. The smallest absolute Gasteiger partial charge is 0.340 e. The molecule has 7 nitrogen and oxygen atoms in total. The highest BCUT2D eigenvalue weighted by molar-refractivity contribution is 5.62. The van der Waals surface area contributed by atoms with Gasteiger partial charge in [0.15, 0.2) is 0 Å². The van der Waals surface area contributed by atoms with E-state index in [4.69, 9.17) is 4.74 Å². The molecule has 2 aromatic heterocycles. The van der Waals surface area contributed by atoms with Gasteiger partial charge in [-0.05, 0) is 24.3 Å². The van der Waals surface area contributed by atoms with Crippen LogP contribution in [0.4, 0.5) is 0 Å². The van der Waals surface area contributed by atoms with Crippen LogP contribution in [0.3, 0.4) is 0 Å². The molecule has 0 unspecified atom stereocenters. The zero-order valence-corrected chi connectivity index (χ0v) is 10.0. The Kier molecular flexibility index (Phi) is 2.45. The van der Waals surface area contributed by atoms with Gasteiger partial charge >= 0.3 is 5.69 Å². The van der Waals surface area contributed by atoms with Crippen molar-refractivity contribution in [3.63, 3.8) is 0 Å². The van der Waals surface area contributed by atoms with E-state index in [9.17, 15) is 9.59 Å². The third kappa shape index (κ3) is 1.90. The lowest BCUT2D eigenvalue weighted by atomic mass is 10.2. The molecular formula is C12H10N4O3. The second kappa shape index (κ2) is 4.13. The van der Waals surface area contributed by atoms with Gasteiger partial charge < -0.3 is 4.74 Å². The number of imidazole rings is 1. The molecule has 3 rings (SSSR count). The zero-order chi connectivity index (χ0) is 13.4. The summed E-state index contributed by atoms with van der Waals surface area (Å²) in [6, 6.07) is 7.25. The predicted molar refractivity (Wildman–Crippen MR) is 68.4 cm³/mol. The maximum atomic E-state index is 11.6. The van der Waals surface area contributed by atoms with Gasteiger partial charge in [0.1, 0.15) is 5.75 Å². The third-order valence-corrected chi connectivity index (χ3v) is 2.74. The highest BCUT2D eigenvalue weighted by Crippen LogP contribution is 2.20. The van der Waals surface area contributed by atoms with Gasteiger partial charge in [-0.1, -0.05) is 0 Å². The first-order valence-corrected chi connectivity index (χ1v) is 5.53. The Morgan fingerprint density at radius 2 is 1.95 bits per heavy atom. The highest BCUT2D eigenvalue weighted by atomic mass is 16.5. The average molecular weight is 258 g/mol. The van der Waals surface area contributed by atoms with E-state index in [1.807, 2.05) is 12.1 Å². The van der Waals surface area contributed by atoms with Gasteiger partial charge in [-0.2, -0.15) is 0 Å². The van der Waals surface area contributed by atoms with Crippen molar-refractivity contribution in [3.05, 3.63) is 51.3 Å². The van der Waals surface area contributed by atoms with Crippen molar-refractivity contribution in [3.8, 4) is 17.0 Å². The standard InChI is InChI=1S/C12H10N4O3/c1-19-8-4-2-7(3-5-8)9-6-16-10(13-9)11(17)14-12(18)15-16/h2-6H,1H3,(H2,14,15,17,18). The Hall–Kier alpha value is -2.83.